The third kappa shape index (κ3) is 1.53. The smallest absolute Gasteiger partial charge is 0.0455 e. The molecule has 0 saturated carbocycles. The Morgan fingerprint density at radius 2 is 1.87 bits per heavy atom. The maximum Gasteiger partial charge on any atom is 0.0455 e. The Labute approximate surface area is 92.0 Å². The molecule has 1 radical (unpaired) electrons. The summed E-state index contributed by atoms with van der Waals surface area (Å²) in [5.41, 5.74) is 2.45. The van der Waals surface area contributed by atoms with Crippen molar-refractivity contribution in [1.29, 1.82) is 0 Å². The van der Waals surface area contributed by atoms with Crippen molar-refractivity contribution in [3.8, 4) is 11.1 Å². The summed E-state index contributed by atoms with van der Waals surface area (Å²) in [4.78, 5) is 4.02. The van der Waals surface area contributed by atoms with Gasteiger partial charge >= 0.3 is 0 Å². The molecule has 0 fully saturated rings. The van der Waals surface area contributed by atoms with E-state index in [0.29, 0.717) is 0 Å². The van der Waals surface area contributed by atoms with Crippen molar-refractivity contribution in [2.24, 2.45) is 0 Å². The van der Waals surface area contributed by atoms with Crippen LogP contribution in [0.3, 0.4) is 0 Å². The number of hydrogen-bond acceptors (Lipinski definition) is 2. The number of aromatic nitrogens is 1. The van der Waals surface area contributed by atoms with Crippen LogP contribution in [0.2, 0.25) is 0 Å². The van der Waals surface area contributed by atoms with E-state index >= 15 is 0 Å². The molecule has 1 nitrogen and oxygen atoms in total. The second-order valence-corrected chi connectivity index (χ2v) is 4.23. The highest BCUT2D eigenvalue weighted by molar-refractivity contribution is 7.16. The van der Waals surface area contributed by atoms with Gasteiger partial charge in [0.25, 0.3) is 0 Å². The first-order chi connectivity index (χ1) is 7.43. The van der Waals surface area contributed by atoms with Gasteiger partial charge in [0.1, 0.15) is 0 Å². The molecule has 2 aromatic heterocycles. The van der Waals surface area contributed by atoms with Crippen LogP contribution in [0.25, 0.3) is 21.2 Å². The van der Waals surface area contributed by atoms with Gasteiger partial charge in [0.2, 0.25) is 0 Å². The van der Waals surface area contributed by atoms with Crippen LogP contribution in [0.1, 0.15) is 0 Å². The third-order valence-corrected chi connectivity index (χ3v) is 3.22. The van der Waals surface area contributed by atoms with Gasteiger partial charge in [-0.3, -0.25) is 4.98 Å². The van der Waals surface area contributed by atoms with Gasteiger partial charge in [0.15, 0.2) is 0 Å². The summed E-state index contributed by atoms with van der Waals surface area (Å²) in [6.45, 7) is 0. The van der Waals surface area contributed by atoms with E-state index in [1.807, 2.05) is 30.6 Å². The van der Waals surface area contributed by atoms with Crippen molar-refractivity contribution in [3.63, 3.8) is 0 Å². The van der Waals surface area contributed by atoms with Crippen molar-refractivity contribution in [2.75, 3.05) is 0 Å². The van der Waals surface area contributed by atoms with E-state index in [2.05, 4.69) is 28.6 Å². The lowest BCUT2D eigenvalue weighted by molar-refractivity contribution is 1.33. The van der Waals surface area contributed by atoms with E-state index < -0.39 is 0 Å². The molecule has 0 N–H and O–H groups in total. The predicted octanol–water partition coefficient (Wildman–Crippen LogP) is 3.76. The maximum atomic E-state index is 4.02. The minimum absolute atomic E-state index is 1.21. The Bertz CT molecular complexity index is 584. The normalized spacial score (nSPS) is 10.7. The molecule has 3 aromatic rings. The molecule has 71 valence electrons. The number of hydrogen-bond donors (Lipinski definition) is 0. The first kappa shape index (κ1) is 8.62. The summed E-state index contributed by atoms with van der Waals surface area (Å²) in [5.74, 6) is 0. The molecular formula is C13H8NS. The molecule has 2 heteroatoms. The van der Waals surface area contributed by atoms with Crippen molar-refractivity contribution < 1.29 is 0 Å². The summed E-state index contributed by atoms with van der Waals surface area (Å²) in [7, 11) is 0. The standard InChI is InChI=1S/C13H8NS/c1-2-12(10-3-6-14-7-4-10)9-13-11(1)5-8-15-13/h1-7,9H. The summed E-state index contributed by atoms with van der Waals surface area (Å²) in [6, 6.07) is 12.6. The first-order valence-corrected chi connectivity index (χ1v) is 5.55. The number of pyridine rings is 1. The molecule has 0 aliphatic heterocycles. The van der Waals surface area contributed by atoms with Crippen LogP contribution in [0.5, 0.6) is 0 Å². The van der Waals surface area contributed by atoms with Gasteiger partial charge in [-0.05, 0) is 40.8 Å². The second-order valence-electron chi connectivity index (χ2n) is 3.35. The van der Waals surface area contributed by atoms with Crippen LogP contribution in [0.15, 0.2) is 48.8 Å². The molecule has 0 saturated heterocycles. The van der Waals surface area contributed by atoms with E-state index in [1.165, 1.54) is 21.2 Å². The van der Waals surface area contributed by atoms with Crippen LogP contribution >= 0.6 is 11.3 Å². The molecule has 15 heavy (non-hydrogen) atoms. The third-order valence-electron chi connectivity index (χ3n) is 2.41. The van der Waals surface area contributed by atoms with Gasteiger partial charge in [-0.15, -0.1) is 11.3 Å². The fraction of sp³-hybridized carbons (Fsp3) is 0. The Morgan fingerprint density at radius 3 is 2.73 bits per heavy atom. The van der Waals surface area contributed by atoms with Gasteiger partial charge < -0.3 is 0 Å². The SMILES string of the molecule is [c]1cc2ccc(-c3ccncc3)cc2s1. The fourth-order valence-electron chi connectivity index (χ4n) is 1.62. The monoisotopic (exact) mass is 210 g/mol. The van der Waals surface area contributed by atoms with Crippen molar-refractivity contribution in [1.82, 2.24) is 4.98 Å². The molecule has 2 heterocycles. The molecular weight excluding hydrogens is 202 g/mol. The molecule has 0 unspecified atom stereocenters. The summed E-state index contributed by atoms with van der Waals surface area (Å²) in [5, 5.41) is 4.41. The zero-order chi connectivity index (χ0) is 10.1. The minimum atomic E-state index is 1.21. The first-order valence-electron chi connectivity index (χ1n) is 4.73. The fourth-order valence-corrected chi connectivity index (χ4v) is 2.37. The predicted molar refractivity (Wildman–Crippen MR) is 63.9 cm³/mol. The molecule has 1 aromatic carbocycles. The molecule has 0 spiro atoms. The Balaban J connectivity index is 2.19. The van der Waals surface area contributed by atoms with E-state index in [1.54, 1.807) is 11.3 Å². The van der Waals surface area contributed by atoms with Crippen LogP contribution in [0, 0.1) is 5.38 Å². The summed E-state index contributed by atoms with van der Waals surface area (Å²) >= 11 is 1.66. The number of thiophene rings is 1. The largest absolute Gasteiger partial charge is 0.265 e. The zero-order valence-corrected chi connectivity index (χ0v) is 8.79. The van der Waals surface area contributed by atoms with Crippen LogP contribution in [0.4, 0.5) is 0 Å². The van der Waals surface area contributed by atoms with Gasteiger partial charge in [0.05, 0.1) is 0 Å². The maximum absolute atomic E-state index is 4.02. The van der Waals surface area contributed by atoms with Crippen molar-refractivity contribution >= 4 is 21.4 Å². The average Bonchev–Trinajstić information content (AvgIpc) is 2.77. The summed E-state index contributed by atoms with van der Waals surface area (Å²) in [6.07, 6.45) is 3.64. The Hall–Kier alpha value is -1.67. The Morgan fingerprint density at radius 1 is 1.00 bits per heavy atom. The average molecular weight is 210 g/mol. The lowest BCUT2D eigenvalue weighted by Gasteiger charge is -2.00. The van der Waals surface area contributed by atoms with Gasteiger partial charge in [-0.1, -0.05) is 12.1 Å². The second kappa shape index (κ2) is 3.48. The van der Waals surface area contributed by atoms with Gasteiger partial charge in [-0.25, -0.2) is 0 Å². The number of benzene rings is 1. The zero-order valence-electron chi connectivity index (χ0n) is 7.97. The lowest BCUT2D eigenvalue weighted by Crippen LogP contribution is -1.77. The molecule has 0 bridgehead atoms. The van der Waals surface area contributed by atoms with E-state index in [0.717, 1.165) is 0 Å². The van der Waals surface area contributed by atoms with Crippen LogP contribution < -0.4 is 0 Å². The van der Waals surface area contributed by atoms with Crippen LogP contribution in [-0.2, 0) is 0 Å². The number of fused-ring (bicyclic) bond motifs is 1. The van der Waals surface area contributed by atoms with Crippen molar-refractivity contribution in [2.45, 2.75) is 0 Å². The highest BCUT2D eigenvalue weighted by Gasteiger charge is 1.99. The Kier molecular flexibility index (Phi) is 2.00. The number of rotatable bonds is 1. The molecule has 0 aliphatic carbocycles. The van der Waals surface area contributed by atoms with Crippen molar-refractivity contribution in [3.05, 3.63) is 54.2 Å². The highest BCUT2D eigenvalue weighted by atomic mass is 32.1. The highest BCUT2D eigenvalue weighted by Crippen LogP contribution is 2.26. The van der Waals surface area contributed by atoms with E-state index in [9.17, 15) is 0 Å². The molecule has 0 aliphatic rings. The molecule has 3 rings (SSSR count). The van der Waals surface area contributed by atoms with Crippen LogP contribution in [-0.4, -0.2) is 4.98 Å². The molecule has 0 atom stereocenters. The summed E-state index contributed by atoms with van der Waals surface area (Å²) < 4.78 is 1.28. The topological polar surface area (TPSA) is 12.9 Å². The quantitative estimate of drug-likeness (QED) is 0.596. The minimum Gasteiger partial charge on any atom is -0.265 e. The van der Waals surface area contributed by atoms with E-state index in [-0.39, 0.29) is 0 Å². The lowest BCUT2D eigenvalue weighted by atomic mass is 10.1. The number of nitrogens with zero attached hydrogens (tertiary/aromatic N) is 1. The van der Waals surface area contributed by atoms with Gasteiger partial charge in [0, 0.05) is 22.5 Å². The van der Waals surface area contributed by atoms with E-state index in [4.69, 9.17) is 0 Å². The van der Waals surface area contributed by atoms with Gasteiger partial charge in [-0.2, -0.15) is 0 Å². The molecule has 0 amide bonds.